The molecule has 0 aliphatic heterocycles. The van der Waals surface area contributed by atoms with Crippen molar-refractivity contribution in [1.29, 1.82) is 0 Å². The van der Waals surface area contributed by atoms with Gasteiger partial charge in [0, 0.05) is 0 Å². The van der Waals surface area contributed by atoms with Crippen molar-refractivity contribution in [2.75, 3.05) is 0 Å². The van der Waals surface area contributed by atoms with E-state index < -0.39 is 0 Å². The van der Waals surface area contributed by atoms with Crippen LogP contribution in [0.4, 0.5) is 0 Å². The Morgan fingerprint density at radius 1 is 1.08 bits per heavy atom. The van der Waals surface area contributed by atoms with Gasteiger partial charge in [-0.3, -0.25) is 0 Å². The van der Waals surface area contributed by atoms with Gasteiger partial charge >= 0.3 is 0 Å². The summed E-state index contributed by atoms with van der Waals surface area (Å²) < 4.78 is 5.67. The lowest BCUT2D eigenvalue weighted by molar-refractivity contribution is 0.492. The van der Waals surface area contributed by atoms with E-state index in [0.29, 0.717) is 0 Å². The Morgan fingerprint density at radius 3 is 2.62 bits per heavy atom. The van der Waals surface area contributed by atoms with Crippen molar-refractivity contribution in [2.24, 2.45) is 0 Å². The van der Waals surface area contributed by atoms with Gasteiger partial charge in [0.15, 0.2) is 5.06 Å². The Labute approximate surface area is 81.6 Å². The molecule has 0 bridgehead atoms. The lowest BCUT2D eigenvalue weighted by Crippen LogP contribution is -1.83. The zero-order chi connectivity index (χ0) is 9.10. The van der Waals surface area contributed by atoms with Gasteiger partial charge in [-0.15, -0.1) is 11.3 Å². The molecule has 1 aromatic carbocycles. The Balaban J connectivity index is 2.24. The zero-order valence-electron chi connectivity index (χ0n) is 7.36. The molecule has 0 amide bonds. The lowest BCUT2D eigenvalue weighted by Gasteiger charge is -2.04. The summed E-state index contributed by atoms with van der Waals surface area (Å²) in [5, 5.41) is 2.95. The largest absolute Gasteiger partial charge is 0.446 e. The molecule has 0 spiro atoms. The third kappa shape index (κ3) is 1.90. The fraction of sp³-hybridized carbons (Fsp3) is 0.0909. The quantitative estimate of drug-likeness (QED) is 0.699. The van der Waals surface area contributed by atoms with Crippen molar-refractivity contribution >= 4 is 11.3 Å². The van der Waals surface area contributed by atoms with Crippen LogP contribution in [-0.4, -0.2) is 0 Å². The predicted octanol–water partition coefficient (Wildman–Crippen LogP) is 3.85. The molecule has 66 valence electrons. The topological polar surface area (TPSA) is 9.23 Å². The van der Waals surface area contributed by atoms with Crippen molar-refractivity contribution in [1.82, 2.24) is 0 Å². The van der Waals surface area contributed by atoms with E-state index in [-0.39, 0.29) is 0 Å². The number of aryl methyl sites for hydroxylation is 1. The summed E-state index contributed by atoms with van der Waals surface area (Å²) in [6, 6.07) is 12.0. The molecule has 0 aliphatic rings. The van der Waals surface area contributed by atoms with Crippen molar-refractivity contribution in [3.8, 4) is 10.8 Å². The van der Waals surface area contributed by atoms with Crippen LogP contribution in [0.15, 0.2) is 41.8 Å². The molecular formula is C11H10OS. The standard InChI is InChI=1S/C11H10OS/c1-9-5-2-3-6-10(9)12-11-7-4-8-13-11/h2-8H,1H3. The summed E-state index contributed by atoms with van der Waals surface area (Å²) in [7, 11) is 0. The van der Waals surface area contributed by atoms with Crippen LogP contribution >= 0.6 is 11.3 Å². The van der Waals surface area contributed by atoms with Crippen molar-refractivity contribution in [3.63, 3.8) is 0 Å². The molecule has 0 N–H and O–H groups in total. The first kappa shape index (κ1) is 8.32. The summed E-state index contributed by atoms with van der Waals surface area (Å²) in [6.45, 7) is 2.04. The van der Waals surface area contributed by atoms with E-state index in [2.05, 4.69) is 0 Å². The Bertz CT molecular complexity index is 379. The molecule has 1 nitrogen and oxygen atoms in total. The molecule has 2 aromatic rings. The maximum Gasteiger partial charge on any atom is 0.180 e. The van der Waals surface area contributed by atoms with Crippen LogP contribution < -0.4 is 4.74 Å². The second kappa shape index (κ2) is 3.62. The maximum absolute atomic E-state index is 5.67. The Morgan fingerprint density at radius 2 is 1.92 bits per heavy atom. The van der Waals surface area contributed by atoms with Gasteiger partial charge in [0.1, 0.15) is 5.75 Å². The van der Waals surface area contributed by atoms with Gasteiger partial charge in [-0.05, 0) is 36.1 Å². The maximum atomic E-state index is 5.67. The summed E-state index contributed by atoms with van der Waals surface area (Å²) in [5.74, 6) is 0.935. The van der Waals surface area contributed by atoms with Crippen LogP contribution in [0.2, 0.25) is 0 Å². The Kier molecular flexibility index (Phi) is 2.32. The van der Waals surface area contributed by atoms with E-state index in [0.717, 1.165) is 16.4 Å². The van der Waals surface area contributed by atoms with Gasteiger partial charge in [-0.25, -0.2) is 0 Å². The first-order valence-corrected chi connectivity index (χ1v) is 5.01. The zero-order valence-corrected chi connectivity index (χ0v) is 8.17. The first-order chi connectivity index (χ1) is 6.36. The summed E-state index contributed by atoms with van der Waals surface area (Å²) in [4.78, 5) is 0. The molecule has 2 heteroatoms. The van der Waals surface area contributed by atoms with Crippen LogP contribution in [0.3, 0.4) is 0 Å². The molecule has 0 radical (unpaired) electrons. The van der Waals surface area contributed by atoms with Gasteiger partial charge in [-0.2, -0.15) is 0 Å². The minimum atomic E-state index is 0.935. The molecule has 0 saturated heterocycles. The number of thiophene rings is 1. The highest BCUT2D eigenvalue weighted by molar-refractivity contribution is 7.11. The number of ether oxygens (including phenoxy) is 1. The van der Waals surface area contributed by atoms with Crippen molar-refractivity contribution < 1.29 is 4.74 Å². The fourth-order valence-electron chi connectivity index (χ4n) is 1.10. The first-order valence-electron chi connectivity index (χ1n) is 4.13. The van der Waals surface area contributed by atoms with E-state index >= 15 is 0 Å². The fourth-order valence-corrected chi connectivity index (χ4v) is 1.69. The van der Waals surface area contributed by atoms with Gasteiger partial charge in [0.25, 0.3) is 0 Å². The van der Waals surface area contributed by atoms with Gasteiger partial charge in [-0.1, -0.05) is 18.2 Å². The average molecular weight is 190 g/mol. The van der Waals surface area contributed by atoms with Crippen molar-refractivity contribution in [2.45, 2.75) is 6.92 Å². The van der Waals surface area contributed by atoms with Crippen LogP contribution in [0.25, 0.3) is 0 Å². The number of benzene rings is 1. The van der Waals surface area contributed by atoms with Crippen LogP contribution in [-0.2, 0) is 0 Å². The Hall–Kier alpha value is -1.28. The molecule has 0 saturated carbocycles. The lowest BCUT2D eigenvalue weighted by atomic mass is 10.2. The monoisotopic (exact) mass is 190 g/mol. The highest BCUT2D eigenvalue weighted by Crippen LogP contribution is 2.27. The van der Waals surface area contributed by atoms with E-state index in [4.69, 9.17) is 4.74 Å². The molecule has 0 atom stereocenters. The number of hydrogen-bond donors (Lipinski definition) is 0. The second-order valence-electron chi connectivity index (χ2n) is 2.80. The number of hydrogen-bond acceptors (Lipinski definition) is 2. The van der Waals surface area contributed by atoms with E-state index in [1.165, 1.54) is 0 Å². The minimum Gasteiger partial charge on any atom is -0.446 e. The molecule has 0 aliphatic carbocycles. The van der Waals surface area contributed by atoms with Crippen LogP contribution in [0.5, 0.6) is 10.8 Å². The van der Waals surface area contributed by atoms with E-state index in [1.807, 2.05) is 48.7 Å². The second-order valence-corrected chi connectivity index (χ2v) is 3.71. The van der Waals surface area contributed by atoms with Crippen molar-refractivity contribution in [3.05, 3.63) is 47.3 Å². The van der Waals surface area contributed by atoms with Gasteiger partial charge in [0.05, 0.1) is 0 Å². The van der Waals surface area contributed by atoms with Crippen LogP contribution in [0, 0.1) is 6.92 Å². The average Bonchev–Trinajstić information content (AvgIpc) is 2.61. The molecule has 2 rings (SSSR count). The number of para-hydroxylation sites is 1. The SMILES string of the molecule is Cc1ccccc1Oc1cccs1. The normalized spacial score (nSPS) is 9.92. The third-order valence-corrected chi connectivity index (χ3v) is 2.54. The highest BCUT2D eigenvalue weighted by atomic mass is 32.1. The smallest absolute Gasteiger partial charge is 0.180 e. The molecular weight excluding hydrogens is 180 g/mol. The molecule has 1 aromatic heterocycles. The minimum absolute atomic E-state index is 0.935. The van der Waals surface area contributed by atoms with E-state index in [9.17, 15) is 0 Å². The molecule has 0 fully saturated rings. The molecule has 13 heavy (non-hydrogen) atoms. The third-order valence-electron chi connectivity index (χ3n) is 1.80. The van der Waals surface area contributed by atoms with Crippen LogP contribution in [0.1, 0.15) is 5.56 Å². The summed E-state index contributed by atoms with van der Waals surface area (Å²) >= 11 is 1.60. The van der Waals surface area contributed by atoms with Gasteiger partial charge < -0.3 is 4.74 Å². The van der Waals surface area contributed by atoms with E-state index in [1.54, 1.807) is 11.3 Å². The highest BCUT2D eigenvalue weighted by Gasteiger charge is 1.99. The number of rotatable bonds is 2. The molecule has 0 unspecified atom stereocenters. The molecule has 1 heterocycles. The summed E-state index contributed by atoms with van der Waals surface area (Å²) in [6.07, 6.45) is 0. The van der Waals surface area contributed by atoms with Gasteiger partial charge in [0.2, 0.25) is 0 Å². The summed E-state index contributed by atoms with van der Waals surface area (Å²) in [5.41, 5.74) is 1.16. The predicted molar refractivity (Wildman–Crippen MR) is 55.6 cm³/mol.